The van der Waals surface area contributed by atoms with E-state index >= 15 is 0 Å². The van der Waals surface area contributed by atoms with E-state index in [9.17, 15) is 14.4 Å². The fourth-order valence-corrected chi connectivity index (χ4v) is 5.28. The number of aliphatic carboxylic acids is 1. The summed E-state index contributed by atoms with van der Waals surface area (Å²) in [5, 5.41) is 9.02. The first-order valence-electron chi connectivity index (χ1n) is 11.3. The fourth-order valence-electron chi connectivity index (χ4n) is 5.28. The minimum absolute atomic E-state index is 0.0239. The molecule has 0 bridgehead atoms. The Bertz CT molecular complexity index is 1120. The first-order valence-corrected chi connectivity index (χ1v) is 11.3. The lowest BCUT2D eigenvalue weighted by Gasteiger charge is -2.55. The molecule has 5 rings (SSSR count). The van der Waals surface area contributed by atoms with E-state index in [1.165, 1.54) is 0 Å². The molecule has 3 unspecified atom stereocenters. The van der Waals surface area contributed by atoms with Gasteiger partial charge in [0.1, 0.15) is 0 Å². The Morgan fingerprint density at radius 1 is 1.06 bits per heavy atom. The Kier molecular flexibility index (Phi) is 5.44. The highest BCUT2D eigenvalue weighted by molar-refractivity contribution is 6.08. The van der Waals surface area contributed by atoms with Crippen molar-refractivity contribution >= 4 is 23.5 Å². The molecule has 2 amide bonds. The van der Waals surface area contributed by atoms with Crippen molar-refractivity contribution in [1.29, 1.82) is 0 Å². The molecule has 2 aromatic rings. The third-order valence-electron chi connectivity index (χ3n) is 6.93. The van der Waals surface area contributed by atoms with Crippen LogP contribution in [0.25, 0.3) is 0 Å². The minimum atomic E-state index is -0.981. The molecule has 0 spiro atoms. The summed E-state index contributed by atoms with van der Waals surface area (Å²) in [5.74, 6) is 0.0492. The Morgan fingerprint density at radius 3 is 2.58 bits per heavy atom. The average Bonchev–Trinajstić information content (AvgIpc) is 3.27. The average molecular weight is 450 g/mol. The molecule has 0 radical (unpaired) electrons. The van der Waals surface area contributed by atoms with Gasteiger partial charge in [-0.15, -0.1) is 0 Å². The monoisotopic (exact) mass is 450 g/mol. The minimum Gasteiger partial charge on any atom is -0.481 e. The van der Waals surface area contributed by atoms with Gasteiger partial charge in [0.25, 0.3) is 5.91 Å². The second kappa shape index (κ2) is 8.42. The summed E-state index contributed by atoms with van der Waals surface area (Å²) >= 11 is 0. The molecule has 0 aromatic heterocycles. The zero-order valence-corrected chi connectivity index (χ0v) is 18.4. The van der Waals surface area contributed by atoms with Crippen LogP contribution in [-0.2, 0) is 9.59 Å². The summed E-state index contributed by atoms with van der Waals surface area (Å²) in [7, 11) is 0. The number of amides is 2. The van der Waals surface area contributed by atoms with Crippen molar-refractivity contribution in [2.24, 2.45) is 5.92 Å². The first kappa shape index (κ1) is 21.3. The summed E-state index contributed by atoms with van der Waals surface area (Å²) in [5.41, 5.74) is 2.26. The molecule has 1 aliphatic carbocycles. The van der Waals surface area contributed by atoms with Gasteiger partial charge in [-0.3, -0.25) is 14.4 Å². The number of rotatable bonds is 6. The topological polar surface area (TPSA) is 96.4 Å². The van der Waals surface area contributed by atoms with Crippen molar-refractivity contribution in [3.05, 3.63) is 53.6 Å². The molecule has 8 nitrogen and oxygen atoms in total. The van der Waals surface area contributed by atoms with Crippen LogP contribution < -0.4 is 14.4 Å². The lowest BCUT2D eigenvalue weighted by Crippen LogP contribution is -2.58. The van der Waals surface area contributed by atoms with E-state index in [2.05, 4.69) is 0 Å². The van der Waals surface area contributed by atoms with Crippen LogP contribution >= 0.6 is 0 Å². The van der Waals surface area contributed by atoms with E-state index in [-0.39, 0.29) is 49.5 Å². The number of carbonyl (C=O) groups excluding carboxylic acids is 2. The number of ether oxygens (including phenoxy) is 2. The molecule has 1 saturated carbocycles. The van der Waals surface area contributed by atoms with E-state index < -0.39 is 5.97 Å². The molecule has 1 N–H and O–H groups in total. The van der Waals surface area contributed by atoms with Crippen molar-refractivity contribution in [3.8, 4) is 11.5 Å². The van der Waals surface area contributed by atoms with Crippen LogP contribution in [0.5, 0.6) is 11.5 Å². The van der Waals surface area contributed by atoms with Crippen LogP contribution in [0.4, 0.5) is 5.69 Å². The van der Waals surface area contributed by atoms with Gasteiger partial charge in [-0.1, -0.05) is 18.2 Å². The molecule has 33 heavy (non-hydrogen) atoms. The third-order valence-corrected chi connectivity index (χ3v) is 6.93. The van der Waals surface area contributed by atoms with E-state index in [1.54, 1.807) is 23.1 Å². The van der Waals surface area contributed by atoms with Gasteiger partial charge >= 0.3 is 5.97 Å². The van der Waals surface area contributed by atoms with E-state index in [0.717, 1.165) is 24.1 Å². The van der Waals surface area contributed by atoms with Crippen molar-refractivity contribution in [2.75, 3.05) is 18.2 Å². The largest absolute Gasteiger partial charge is 0.481 e. The smallest absolute Gasteiger partial charge is 0.303 e. The summed E-state index contributed by atoms with van der Waals surface area (Å²) in [6.45, 7) is 2.55. The lowest BCUT2D eigenvalue weighted by molar-refractivity contribution is -0.142. The number of para-hydroxylation sites is 1. The van der Waals surface area contributed by atoms with Gasteiger partial charge in [-0.25, -0.2) is 0 Å². The Balaban J connectivity index is 1.50. The fraction of sp³-hybridized carbons (Fsp3) is 0.400. The molecule has 3 atom stereocenters. The molecule has 3 aliphatic rings. The summed E-state index contributed by atoms with van der Waals surface area (Å²) in [4.78, 5) is 41.3. The summed E-state index contributed by atoms with van der Waals surface area (Å²) < 4.78 is 10.8. The van der Waals surface area contributed by atoms with Crippen LogP contribution in [0, 0.1) is 5.92 Å². The highest BCUT2D eigenvalue weighted by Crippen LogP contribution is 2.52. The van der Waals surface area contributed by atoms with E-state index in [0.29, 0.717) is 23.6 Å². The Hall–Kier alpha value is -3.55. The van der Waals surface area contributed by atoms with Crippen LogP contribution in [0.2, 0.25) is 0 Å². The Morgan fingerprint density at radius 2 is 1.85 bits per heavy atom. The molecular formula is C25H26N2O6. The predicted octanol–water partition coefficient (Wildman–Crippen LogP) is 3.61. The first-order chi connectivity index (χ1) is 16.0. The van der Waals surface area contributed by atoms with Crippen LogP contribution in [0.3, 0.4) is 0 Å². The third kappa shape index (κ3) is 3.59. The molecule has 0 saturated heterocycles. The van der Waals surface area contributed by atoms with Gasteiger partial charge < -0.3 is 24.4 Å². The van der Waals surface area contributed by atoms with Crippen molar-refractivity contribution in [1.82, 2.24) is 4.90 Å². The van der Waals surface area contributed by atoms with Crippen LogP contribution in [0.15, 0.2) is 42.5 Å². The number of carboxylic acid groups (broad SMARTS) is 1. The number of carboxylic acids is 1. The Labute approximate surface area is 191 Å². The van der Waals surface area contributed by atoms with Gasteiger partial charge in [0.15, 0.2) is 11.5 Å². The van der Waals surface area contributed by atoms with Gasteiger partial charge in [-0.05, 0) is 49.6 Å². The standard InChI is InChI=1S/C25H26N2O6/c1-2-26(22(28)11-12-23(29)30)24-16-5-3-4-6-18(16)27(19-9-8-17(19)24)25(31)15-7-10-20-21(13-15)33-14-32-20/h3-7,10,13,17,19,24H,2,8-9,11-12,14H2,1H3,(H,29,30). The molecule has 2 heterocycles. The maximum Gasteiger partial charge on any atom is 0.303 e. The molecule has 1 fully saturated rings. The molecular weight excluding hydrogens is 424 g/mol. The number of carbonyl (C=O) groups is 3. The second-order valence-electron chi connectivity index (χ2n) is 8.63. The normalized spacial score (nSPS) is 22.1. The quantitative estimate of drug-likeness (QED) is 0.722. The number of fused-ring (bicyclic) bond motifs is 3. The number of hydrogen-bond acceptors (Lipinski definition) is 5. The van der Waals surface area contributed by atoms with Gasteiger partial charge in [0.2, 0.25) is 12.7 Å². The van der Waals surface area contributed by atoms with E-state index in [4.69, 9.17) is 14.6 Å². The maximum atomic E-state index is 13.7. The van der Waals surface area contributed by atoms with Gasteiger partial charge in [-0.2, -0.15) is 0 Å². The van der Waals surface area contributed by atoms with Crippen LogP contribution in [-0.4, -0.2) is 47.2 Å². The zero-order valence-electron chi connectivity index (χ0n) is 18.4. The van der Waals surface area contributed by atoms with Crippen LogP contribution in [0.1, 0.15) is 54.6 Å². The van der Waals surface area contributed by atoms with Crippen molar-refractivity contribution in [2.45, 2.75) is 44.7 Å². The van der Waals surface area contributed by atoms with Gasteiger partial charge in [0, 0.05) is 36.2 Å². The zero-order chi connectivity index (χ0) is 23.1. The molecule has 2 aliphatic heterocycles. The van der Waals surface area contributed by atoms with E-state index in [1.807, 2.05) is 36.1 Å². The molecule has 2 aromatic carbocycles. The summed E-state index contributed by atoms with van der Waals surface area (Å²) in [6.07, 6.45) is 1.54. The number of anilines is 1. The number of hydrogen-bond donors (Lipinski definition) is 1. The number of benzene rings is 2. The number of nitrogens with zero attached hydrogens (tertiary/aromatic N) is 2. The highest BCUT2D eigenvalue weighted by atomic mass is 16.7. The predicted molar refractivity (Wildman–Crippen MR) is 119 cm³/mol. The molecule has 172 valence electrons. The lowest BCUT2D eigenvalue weighted by atomic mass is 9.67. The van der Waals surface area contributed by atoms with Crippen molar-refractivity contribution in [3.63, 3.8) is 0 Å². The maximum absolute atomic E-state index is 13.7. The second-order valence-corrected chi connectivity index (χ2v) is 8.63. The molecule has 8 heteroatoms. The summed E-state index contributed by atoms with van der Waals surface area (Å²) in [6, 6.07) is 12.8. The highest BCUT2D eigenvalue weighted by Gasteiger charge is 2.51. The van der Waals surface area contributed by atoms with Gasteiger partial charge in [0.05, 0.1) is 12.5 Å². The SMILES string of the molecule is CCN(C(=O)CCC(=O)O)C1c2ccccc2N(C(=O)c2ccc3c(c2)OCO3)C2CCC12. The van der Waals surface area contributed by atoms with Crippen molar-refractivity contribution < 1.29 is 29.0 Å².